The van der Waals surface area contributed by atoms with E-state index in [1.165, 1.54) is 18.5 Å². The lowest BCUT2D eigenvalue weighted by Gasteiger charge is -2.33. The minimum absolute atomic E-state index is 0.0261. The molecule has 2 heterocycles. The summed E-state index contributed by atoms with van der Waals surface area (Å²) >= 11 is 0. The quantitative estimate of drug-likeness (QED) is 0.799. The Hall–Kier alpha value is -2.54. The molecular weight excluding hydrogens is 325 g/mol. The van der Waals surface area contributed by atoms with Crippen molar-refractivity contribution in [2.75, 3.05) is 26.3 Å². The molecule has 1 fully saturated rings. The van der Waals surface area contributed by atoms with E-state index >= 15 is 0 Å². The van der Waals surface area contributed by atoms with Gasteiger partial charge in [-0.1, -0.05) is 6.07 Å². The summed E-state index contributed by atoms with van der Waals surface area (Å²) in [6.07, 6.45) is 4.77. The van der Waals surface area contributed by atoms with E-state index in [0.29, 0.717) is 25.4 Å². The molecule has 0 bridgehead atoms. The van der Waals surface area contributed by atoms with Gasteiger partial charge in [0.15, 0.2) is 6.61 Å². The highest BCUT2D eigenvalue weighted by molar-refractivity contribution is 5.77. The second-order valence-electron chi connectivity index (χ2n) is 5.82. The van der Waals surface area contributed by atoms with Gasteiger partial charge in [-0.3, -0.25) is 4.79 Å². The number of morpholine rings is 1. The number of nitrogens with zero attached hydrogens (tertiary/aromatic N) is 3. The molecule has 1 atom stereocenters. The van der Waals surface area contributed by atoms with Crippen LogP contribution in [-0.4, -0.2) is 53.2 Å². The van der Waals surface area contributed by atoms with Crippen molar-refractivity contribution >= 4 is 5.91 Å². The summed E-state index contributed by atoms with van der Waals surface area (Å²) in [6, 6.07) is 7.64. The van der Waals surface area contributed by atoms with Crippen LogP contribution in [0, 0.1) is 5.82 Å². The molecular formula is C18H20FN3O3. The topological polar surface area (TPSA) is 64.5 Å². The molecule has 6 nitrogen and oxygen atoms in total. The number of aryl methyl sites for hydroxylation is 1. The molecule has 3 rings (SSSR count). The number of benzene rings is 1. The van der Waals surface area contributed by atoms with Crippen LogP contribution in [0.15, 0.2) is 42.9 Å². The van der Waals surface area contributed by atoms with Crippen LogP contribution in [0.2, 0.25) is 0 Å². The number of carbonyl (C=O) groups excluding carboxylic acids is 1. The van der Waals surface area contributed by atoms with Crippen LogP contribution < -0.4 is 4.74 Å². The smallest absolute Gasteiger partial charge is 0.260 e. The average molecular weight is 345 g/mol. The SMILES string of the molecule is O=C(COc1cccc(F)c1)N1CCOC(CCc2ccncn2)C1. The van der Waals surface area contributed by atoms with E-state index in [9.17, 15) is 9.18 Å². The van der Waals surface area contributed by atoms with Crippen LogP contribution in [0.5, 0.6) is 5.75 Å². The van der Waals surface area contributed by atoms with Gasteiger partial charge < -0.3 is 14.4 Å². The largest absolute Gasteiger partial charge is 0.484 e. The van der Waals surface area contributed by atoms with Crippen molar-refractivity contribution in [2.24, 2.45) is 0 Å². The standard InChI is InChI=1S/C18H20FN3O3/c19-14-2-1-3-16(10-14)25-12-18(23)22-8-9-24-17(11-22)5-4-15-6-7-20-13-21-15/h1-3,6-7,10,13,17H,4-5,8-9,11-12H2. The molecule has 1 aliphatic heterocycles. The molecule has 1 aliphatic rings. The van der Waals surface area contributed by atoms with Crippen molar-refractivity contribution in [1.82, 2.24) is 14.9 Å². The van der Waals surface area contributed by atoms with E-state index in [1.54, 1.807) is 23.2 Å². The first-order valence-electron chi connectivity index (χ1n) is 8.23. The Morgan fingerprint density at radius 1 is 1.40 bits per heavy atom. The van der Waals surface area contributed by atoms with Gasteiger partial charge in [0.25, 0.3) is 5.91 Å². The van der Waals surface area contributed by atoms with Gasteiger partial charge >= 0.3 is 0 Å². The summed E-state index contributed by atoms with van der Waals surface area (Å²) in [5.74, 6) is -0.164. The number of rotatable bonds is 6. The third-order valence-corrected chi connectivity index (χ3v) is 4.02. The fraction of sp³-hybridized carbons (Fsp3) is 0.389. The number of hydrogen-bond donors (Lipinski definition) is 0. The van der Waals surface area contributed by atoms with E-state index in [4.69, 9.17) is 9.47 Å². The summed E-state index contributed by atoms with van der Waals surface area (Å²) in [5.41, 5.74) is 0.955. The normalized spacial score (nSPS) is 17.3. The highest BCUT2D eigenvalue weighted by Gasteiger charge is 2.24. The predicted octanol–water partition coefficient (Wildman–Crippen LogP) is 1.85. The molecule has 1 aromatic heterocycles. The number of halogens is 1. The molecule has 132 valence electrons. The third kappa shape index (κ3) is 5.22. The minimum atomic E-state index is -0.388. The van der Waals surface area contributed by atoms with Crippen molar-refractivity contribution in [1.29, 1.82) is 0 Å². The molecule has 0 saturated carbocycles. The number of amides is 1. The molecule has 1 aromatic carbocycles. The Balaban J connectivity index is 1.46. The van der Waals surface area contributed by atoms with Crippen LogP contribution in [0.1, 0.15) is 12.1 Å². The van der Waals surface area contributed by atoms with Gasteiger partial charge in [0, 0.05) is 31.0 Å². The van der Waals surface area contributed by atoms with Crippen molar-refractivity contribution < 1.29 is 18.7 Å². The number of carbonyl (C=O) groups is 1. The Bertz CT molecular complexity index is 699. The molecule has 1 amide bonds. The predicted molar refractivity (Wildman–Crippen MR) is 88.6 cm³/mol. The zero-order valence-corrected chi connectivity index (χ0v) is 13.8. The summed E-state index contributed by atoms with van der Waals surface area (Å²) in [7, 11) is 0. The molecule has 0 N–H and O–H groups in total. The second kappa shape index (κ2) is 8.53. The van der Waals surface area contributed by atoms with Gasteiger partial charge in [-0.25, -0.2) is 14.4 Å². The lowest BCUT2D eigenvalue weighted by molar-refractivity contribution is -0.141. The van der Waals surface area contributed by atoms with Crippen LogP contribution in [0.3, 0.4) is 0 Å². The number of aromatic nitrogens is 2. The van der Waals surface area contributed by atoms with E-state index in [2.05, 4.69) is 9.97 Å². The first kappa shape index (κ1) is 17.3. The maximum Gasteiger partial charge on any atom is 0.260 e. The molecule has 0 spiro atoms. The van der Waals surface area contributed by atoms with Crippen molar-refractivity contribution in [3.8, 4) is 5.75 Å². The van der Waals surface area contributed by atoms with Gasteiger partial charge in [0.05, 0.1) is 12.7 Å². The monoisotopic (exact) mass is 345 g/mol. The van der Waals surface area contributed by atoms with E-state index in [-0.39, 0.29) is 24.4 Å². The Kier molecular flexibility index (Phi) is 5.90. The van der Waals surface area contributed by atoms with Gasteiger partial charge in [-0.05, 0) is 31.0 Å². The first-order chi connectivity index (χ1) is 12.2. The molecule has 0 aliphatic carbocycles. The highest BCUT2D eigenvalue weighted by atomic mass is 19.1. The first-order valence-corrected chi connectivity index (χ1v) is 8.23. The lowest BCUT2D eigenvalue weighted by atomic mass is 10.1. The Morgan fingerprint density at radius 3 is 3.12 bits per heavy atom. The Morgan fingerprint density at radius 2 is 2.32 bits per heavy atom. The molecule has 7 heteroatoms. The van der Waals surface area contributed by atoms with Gasteiger partial charge in [0.2, 0.25) is 0 Å². The van der Waals surface area contributed by atoms with Crippen LogP contribution in [-0.2, 0) is 16.0 Å². The van der Waals surface area contributed by atoms with Crippen LogP contribution in [0.4, 0.5) is 4.39 Å². The van der Waals surface area contributed by atoms with Crippen molar-refractivity contribution in [3.63, 3.8) is 0 Å². The number of hydrogen-bond acceptors (Lipinski definition) is 5. The van der Waals surface area contributed by atoms with Gasteiger partial charge in [-0.15, -0.1) is 0 Å². The Labute approximate surface area is 145 Å². The minimum Gasteiger partial charge on any atom is -0.484 e. The molecule has 1 unspecified atom stereocenters. The van der Waals surface area contributed by atoms with Crippen LogP contribution >= 0.6 is 0 Å². The maximum absolute atomic E-state index is 13.1. The highest BCUT2D eigenvalue weighted by Crippen LogP contribution is 2.14. The summed E-state index contributed by atoms with van der Waals surface area (Å²) in [6.45, 7) is 1.45. The third-order valence-electron chi connectivity index (χ3n) is 4.02. The van der Waals surface area contributed by atoms with Gasteiger partial charge in [-0.2, -0.15) is 0 Å². The van der Waals surface area contributed by atoms with Crippen molar-refractivity contribution in [3.05, 3.63) is 54.4 Å². The molecule has 25 heavy (non-hydrogen) atoms. The molecule has 1 saturated heterocycles. The molecule has 2 aromatic rings. The molecule has 0 radical (unpaired) electrons. The average Bonchev–Trinajstić information content (AvgIpc) is 2.65. The summed E-state index contributed by atoms with van der Waals surface area (Å²) in [4.78, 5) is 22.1. The van der Waals surface area contributed by atoms with E-state index in [1.807, 2.05) is 6.07 Å². The van der Waals surface area contributed by atoms with Gasteiger partial charge in [0.1, 0.15) is 17.9 Å². The summed E-state index contributed by atoms with van der Waals surface area (Å²) in [5, 5.41) is 0. The zero-order chi connectivity index (χ0) is 17.5. The summed E-state index contributed by atoms with van der Waals surface area (Å²) < 4.78 is 24.2. The lowest BCUT2D eigenvalue weighted by Crippen LogP contribution is -2.47. The fourth-order valence-electron chi connectivity index (χ4n) is 2.69. The fourth-order valence-corrected chi connectivity index (χ4v) is 2.69. The van der Waals surface area contributed by atoms with Crippen LogP contribution in [0.25, 0.3) is 0 Å². The zero-order valence-electron chi connectivity index (χ0n) is 13.8. The maximum atomic E-state index is 13.1. The second-order valence-corrected chi connectivity index (χ2v) is 5.82. The van der Waals surface area contributed by atoms with E-state index < -0.39 is 0 Å². The number of ether oxygens (including phenoxy) is 2. The van der Waals surface area contributed by atoms with Crippen molar-refractivity contribution in [2.45, 2.75) is 18.9 Å². The van der Waals surface area contributed by atoms with E-state index in [0.717, 1.165) is 18.5 Å².